The zero-order chi connectivity index (χ0) is 17.3. The lowest BCUT2D eigenvalue weighted by Crippen LogP contribution is -2.47. The molecule has 1 N–H and O–H groups in total. The van der Waals surface area contributed by atoms with Crippen LogP contribution < -0.4 is 15.4 Å². The van der Waals surface area contributed by atoms with Gasteiger partial charge in [0.15, 0.2) is 5.69 Å². The average Bonchev–Trinajstić information content (AvgIpc) is 2.54. The molecule has 8 heteroatoms. The van der Waals surface area contributed by atoms with Gasteiger partial charge in [0.25, 0.3) is 5.56 Å². The van der Waals surface area contributed by atoms with E-state index in [1.165, 1.54) is 0 Å². The van der Waals surface area contributed by atoms with Gasteiger partial charge in [0, 0.05) is 37.9 Å². The normalized spacial score (nSPS) is 15.7. The third-order valence-corrected chi connectivity index (χ3v) is 4.05. The number of aryl methyl sites for hydroxylation is 1. The maximum atomic E-state index is 12.8. The highest BCUT2D eigenvalue weighted by Crippen LogP contribution is 2.28. The number of halogens is 3. The number of piperazine rings is 1. The highest BCUT2D eigenvalue weighted by Gasteiger charge is 2.34. The minimum atomic E-state index is -4.63. The first-order valence-corrected chi connectivity index (χ1v) is 7.59. The molecule has 0 aliphatic carbocycles. The second kappa shape index (κ2) is 6.18. The summed E-state index contributed by atoms with van der Waals surface area (Å²) < 4.78 is 38.4. The Morgan fingerprint density at radius 2 is 1.71 bits per heavy atom. The monoisotopic (exact) mass is 338 g/mol. The van der Waals surface area contributed by atoms with Gasteiger partial charge in [-0.2, -0.15) is 13.2 Å². The third kappa shape index (κ3) is 3.37. The molecule has 0 unspecified atom stereocenters. The van der Waals surface area contributed by atoms with Crippen LogP contribution in [0, 0.1) is 6.92 Å². The van der Waals surface area contributed by atoms with Gasteiger partial charge in [-0.1, -0.05) is 18.2 Å². The van der Waals surface area contributed by atoms with Crippen LogP contribution >= 0.6 is 0 Å². The molecule has 0 atom stereocenters. The van der Waals surface area contributed by atoms with Crippen LogP contribution in [0.1, 0.15) is 11.3 Å². The lowest BCUT2D eigenvalue weighted by Gasteiger charge is -2.37. The number of H-pyrrole nitrogens is 1. The van der Waals surface area contributed by atoms with Crippen molar-refractivity contribution in [3.05, 3.63) is 51.9 Å². The summed E-state index contributed by atoms with van der Waals surface area (Å²) in [6, 6.07) is 8.45. The molecule has 24 heavy (non-hydrogen) atoms. The number of benzene rings is 1. The SMILES string of the molecule is Cc1ccccc1N1CCN(c2nc(C(F)(F)F)cc(=O)[nH]2)CC1. The third-order valence-electron chi connectivity index (χ3n) is 4.05. The van der Waals surface area contributed by atoms with Gasteiger partial charge >= 0.3 is 6.18 Å². The van der Waals surface area contributed by atoms with Crippen molar-refractivity contribution in [3.8, 4) is 0 Å². The number of nitrogens with zero attached hydrogens (tertiary/aromatic N) is 3. The van der Waals surface area contributed by atoms with Crippen LogP contribution in [0.3, 0.4) is 0 Å². The van der Waals surface area contributed by atoms with E-state index in [9.17, 15) is 18.0 Å². The van der Waals surface area contributed by atoms with Gasteiger partial charge in [0.2, 0.25) is 5.95 Å². The molecule has 1 aromatic heterocycles. The Morgan fingerprint density at radius 1 is 1.08 bits per heavy atom. The van der Waals surface area contributed by atoms with E-state index in [0.29, 0.717) is 32.2 Å². The maximum absolute atomic E-state index is 12.8. The fraction of sp³-hybridized carbons (Fsp3) is 0.375. The molecule has 2 aromatic rings. The van der Waals surface area contributed by atoms with Gasteiger partial charge in [0.1, 0.15) is 0 Å². The summed E-state index contributed by atoms with van der Waals surface area (Å²) in [6.45, 7) is 4.28. The van der Waals surface area contributed by atoms with E-state index >= 15 is 0 Å². The van der Waals surface area contributed by atoms with Gasteiger partial charge in [-0.05, 0) is 18.6 Å². The van der Waals surface area contributed by atoms with E-state index in [1.54, 1.807) is 4.90 Å². The van der Waals surface area contributed by atoms with Crippen LogP contribution in [-0.4, -0.2) is 36.1 Å². The summed E-state index contributed by atoms with van der Waals surface area (Å²) in [7, 11) is 0. The molecular weight excluding hydrogens is 321 g/mol. The van der Waals surface area contributed by atoms with Crippen molar-refractivity contribution in [2.45, 2.75) is 13.1 Å². The van der Waals surface area contributed by atoms with Crippen LogP contribution in [0.2, 0.25) is 0 Å². The number of para-hydroxylation sites is 1. The minimum Gasteiger partial charge on any atom is -0.368 e. The van der Waals surface area contributed by atoms with Gasteiger partial charge in [-0.15, -0.1) is 0 Å². The molecule has 0 saturated carbocycles. The van der Waals surface area contributed by atoms with Crippen LogP contribution in [-0.2, 0) is 6.18 Å². The van der Waals surface area contributed by atoms with E-state index in [-0.39, 0.29) is 5.95 Å². The van der Waals surface area contributed by atoms with Crippen molar-refractivity contribution in [2.24, 2.45) is 0 Å². The van der Waals surface area contributed by atoms with Gasteiger partial charge in [-0.3, -0.25) is 9.78 Å². The summed E-state index contributed by atoms with van der Waals surface area (Å²) in [5, 5.41) is 0. The average molecular weight is 338 g/mol. The first kappa shape index (κ1) is 16.4. The van der Waals surface area contributed by atoms with Gasteiger partial charge in [0.05, 0.1) is 0 Å². The zero-order valence-corrected chi connectivity index (χ0v) is 13.1. The van der Waals surface area contributed by atoms with Gasteiger partial charge in [-0.25, -0.2) is 4.98 Å². The molecule has 1 saturated heterocycles. The molecule has 3 rings (SSSR count). The standard InChI is InChI=1S/C16H17F3N4O/c1-11-4-2-3-5-12(11)22-6-8-23(9-7-22)15-20-13(16(17,18)19)10-14(24)21-15/h2-5,10H,6-9H2,1H3,(H,20,21,24). The molecule has 1 aliphatic rings. The number of nitrogens with one attached hydrogen (secondary N) is 1. The fourth-order valence-electron chi connectivity index (χ4n) is 2.82. The Morgan fingerprint density at radius 3 is 2.33 bits per heavy atom. The van der Waals surface area contributed by atoms with Crippen molar-refractivity contribution in [3.63, 3.8) is 0 Å². The number of alkyl halides is 3. The van der Waals surface area contributed by atoms with E-state index in [0.717, 1.165) is 11.3 Å². The maximum Gasteiger partial charge on any atom is 0.433 e. The van der Waals surface area contributed by atoms with Crippen LogP contribution in [0.25, 0.3) is 0 Å². The molecule has 1 aliphatic heterocycles. The Hall–Kier alpha value is -2.51. The van der Waals surface area contributed by atoms with E-state index < -0.39 is 17.4 Å². The largest absolute Gasteiger partial charge is 0.433 e. The molecule has 2 heterocycles. The number of hydrogen-bond acceptors (Lipinski definition) is 4. The number of rotatable bonds is 2. The van der Waals surface area contributed by atoms with Crippen LogP contribution in [0.4, 0.5) is 24.8 Å². The molecule has 128 valence electrons. The van der Waals surface area contributed by atoms with E-state index in [4.69, 9.17) is 0 Å². The van der Waals surface area contributed by atoms with Crippen LogP contribution in [0.15, 0.2) is 35.1 Å². The van der Waals surface area contributed by atoms with Crippen molar-refractivity contribution in [1.82, 2.24) is 9.97 Å². The fourth-order valence-corrected chi connectivity index (χ4v) is 2.82. The molecule has 0 bridgehead atoms. The van der Waals surface area contributed by atoms with Crippen molar-refractivity contribution in [2.75, 3.05) is 36.0 Å². The summed E-state index contributed by atoms with van der Waals surface area (Å²) in [5.41, 5.74) is 0.301. The minimum absolute atomic E-state index is 0.0285. The Kier molecular flexibility index (Phi) is 4.21. The smallest absolute Gasteiger partial charge is 0.368 e. The molecule has 0 amide bonds. The lowest BCUT2D eigenvalue weighted by molar-refractivity contribution is -0.141. The molecule has 5 nitrogen and oxygen atoms in total. The quantitative estimate of drug-likeness (QED) is 0.914. The molecule has 1 fully saturated rings. The second-order valence-electron chi connectivity index (χ2n) is 5.71. The highest BCUT2D eigenvalue weighted by molar-refractivity contribution is 5.54. The van der Waals surface area contributed by atoms with E-state index in [1.807, 2.05) is 31.2 Å². The van der Waals surface area contributed by atoms with E-state index in [2.05, 4.69) is 14.9 Å². The zero-order valence-electron chi connectivity index (χ0n) is 13.1. The topological polar surface area (TPSA) is 52.2 Å². The number of anilines is 2. The summed E-state index contributed by atoms with van der Waals surface area (Å²) in [5.74, 6) is -0.0285. The summed E-state index contributed by atoms with van der Waals surface area (Å²) in [6.07, 6.45) is -4.63. The van der Waals surface area contributed by atoms with Crippen molar-refractivity contribution in [1.29, 1.82) is 0 Å². The summed E-state index contributed by atoms with van der Waals surface area (Å²) >= 11 is 0. The lowest BCUT2D eigenvalue weighted by atomic mass is 10.1. The molecule has 0 spiro atoms. The molecule has 1 aromatic carbocycles. The predicted octanol–water partition coefficient (Wildman–Crippen LogP) is 2.42. The predicted molar refractivity (Wildman–Crippen MR) is 85.5 cm³/mol. The number of aromatic nitrogens is 2. The Bertz CT molecular complexity index is 779. The Balaban J connectivity index is 1.77. The number of hydrogen-bond donors (Lipinski definition) is 1. The number of aromatic amines is 1. The second-order valence-corrected chi connectivity index (χ2v) is 5.71. The first-order valence-electron chi connectivity index (χ1n) is 7.59. The molecular formula is C16H17F3N4O. The first-order chi connectivity index (χ1) is 11.3. The highest BCUT2D eigenvalue weighted by atomic mass is 19.4. The van der Waals surface area contributed by atoms with Crippen molar-refractivity contribution < 1.29 is 13.2 Å². The Labute approximate surface area is 136 Å². The molecule has 0 radical (unpaired) electrons. The van der Waals surface area contributed by atoms with Crippen LogP contribution in [0.5, 0.6) is 0 Å². The van der Waals surface area contributed by atoms with Gasteiger partial charge < -0.3 is 9.80 Å². The summed E-state index contributed by atoms with van der Waals surface area (Å²) in [4.78, 5) is 21.3. The van der Waals surface area contributed by atoms with Crippen molar-refractivity contribution >= 4 is 11.6 Å².